The van der Waals surface area contributed by atoms with Gasteiger partial charge in [0.15, 0.2) is 0 Å². The summed E-state index contributed by atoms with van der Waals surface area (Å²) in [6.07, 6.45) is 2.74. The van der Waals surface area contributed by atoms with E-state index in [0.717, 1.165) is 12.8 Å². The third-order valence-corrected chi connectivity index (χ3v) is 5.92. The Labute approximate surface area is 139 Å². The van der Waals surface area contributed by atoms with E-state index in [2.05, 4.69) is 38.0 Å². The van der Waals surface area contributed by atoms with Gasteiger partial charge in [-0.2, -0.15) is 0 Å². The molecular weight excluding hydrogens is 296 g/mol. The zero-order valence-corrected chi connectivity index (χ0v) is 15.7. The molecule has 0 aromatic rings. The Morgan fingerprint density at radius 2 is 2.14 bits per heavy atom. The molecule has 1 rings (SSSR count). The summed E-state index contributed by atoms with van der Waals surface area (Å²) in [7, 11) is 3.89. The molecular formula is C17H32N2O2S. The third kappa shape index (κ3) is 4.92. The largest absolute Gasteiger partial charge is 0.390 e. The first-order chi connectivity index (χ1) is 10.3. The molecule has 0 spiro atoms. The Morgan fingerprint density at radius 1 is 1.50 bits per heavy atom. The molecule has 3 atom stereocenters. The summed E-state index contributed by atoms with van der Waals surface area (Å²) in [6.45, 7) is 8.39. The molecule has 1 aliphatic heterocycles. The second kappa shape index (κ2) is 8.82. The average Bonchev–Trinajstić information content (AvgIpc) is 2.80. The van der Waals surface area contributed by atoms with Crippen LogP contribution in [0.1, 0.15) is 53.4 Å². The van der Waals surface area contributed by atoms with Crippen LogP contribution in [-0.2, 0) is 4.79 Å². The van der Waals surface area contributed by atoms with Gasteiger partial charge in [0, 0.05) is 32.3 Å². The van der Waals surface area contributed by atoms with Crippen LogP contribution >= 0.6 is 11.8 Å². The summed E-state index contributed by atoms with van der Waals surface area (Å²) in [4.78, 5) is 16.3. The van der Waals surface area contributed by atoms with Gasteiger partial charge in [0.1, 0.15) is 5.37 Å². The predicted molar refractivity (Wildman–Crippen MR) is 94.4 cm³/mol. The average molecular weight is 329 g/mol. The second-order valence-corrected chi connectivity index (χ2v) is 7.61. The highest BCUT2D eigenvalue weighted by atomic mass is 32.2. The minimum absolute atomic E-state index is 0.0559. The van der Waals surface area contributed by atoms with E-state index < -0.39 is 6.10 Å². The molecule has 4 nitrogen and oxygen atoms in total. The lowest BCUT2D eigenvalue weighted by Gasteiger charge is -2.36. The maximum atomic E-state index is 12.3. The van der Waals surface area contributed by atoms with E-state index >= 15 is 0 Å². The van der Waals surface area contributed by atoms with Crippen LogP contribution < -0.4 is 0 Å². The van der Waals surface area contributed by atoms with Crippen molar-refractivity contribution in [2.75, 3.05) is 14.1 Å². The van der Waals surface area contributed by atoms with E-state index in [1.165, 1.54) is 5.70 Å². The van der Waals surface area contributed by atoms with Crippen LogP contribution in [0.3, 0.4) is 0 Å². The Balaban J connectivity index is 2.66. The summed E-state index contributed by atoms with van der Waals surface area (Å²) in [5, 5.41) is 12.8. The highest BCUT2D eigenvalue weighted by molar-refractivity contribution is 8.03. The van der Waals surface area contributed by atoms with Crippen molar-refractivity contribution in [3.05, 3.63) is 11.1 Å². The van der Waals surface area contributed by atoms with Crippen molar-refractivity contribution >= 4 is 17.7 Å². The lowest BCUT2D eigenvalue weighted by Crippen LogP contribution is -2.45. The molecule has 0 aromatic heterocycles. The Hall–Kier alpha value is -0.680. The molecule has 0 fully saturated rings. The lowest BCUT2D eigenvalue weighted by molar-refractivity contribution is -0.133. The van der Waals surface area contributed by atoms with Crippen molar-refractivity contribution in [3.63, 3.8) is 0 Å². The molecule has 0 saturated heterocycles. The van der Waals surface area contributed by atoms with Gasteiger partial charge >= 0.3 is 0 Å². The Morgan fingerprint density at radius 3 is 2.59 bits per heavy atom. The minimum Gasteiger partial charge on any atom is -0.390 e. The number of rotatable bonds is 8. The lowest BCUT2D eigenvalue weighted by atomic mass is 9.95. The van der Waals surface area contributed by atoms with Crippen LogP contribution in [0.2, 0.25) is 0 Å². The maximum absolute atomic E-state index is 12.3. The van der Waals surface area contributed by atoms with Gasteiger partial charge in [-0.1, -0.05) is 27.2 Å². The number of unbranched alkanes of at least 4 members (excludes halogenated alkanes) is 1. The first-order valence-corrected chi connectivity index (χ1v) is 9.22. The van der Waals surface area contributed by atoms with E-state index in [1.54, 1.807) is 11.8 Å². The summed E-state index contributed by atoms with van der Waals surface area (Å²) in [6, 6.07) is 0.0780. The molecule has 0 aromatic carbocycles. The van der Waals surface area contributed by atoms with Gasteiger partial charge in [0.2, 0.25) is 5.91 Å². The van der Waals surface area contributed by atoms with Crippen LogP contribution in [-0.4, -0.2) is 52.4 Å². The molecule has 3 unspecified atom stereocenters. The quantitative estimate of drug-likeness (QED) is 0.742. The van der Waals surface area contributed by atoms with E-state index in [1.807, 2.05) is 19.0 Å². The topological polar surface area (TPSA) is 43.8 Å². The highest BCUT2D eigenvalue weighted by Crippen LogP contribution is 2.33. The summed E-state index contributed by atoms with van der Waals surface area (Å²) in [5.41, 5.74) is 1.18. The van der Waals surface area contributed by atoms with Crippen LogP contribution in [0.25, 0.3) is 0 Å². The molecule has 5 heteroatoms. The summed E-state index contributed by atoms with van der Waals surface area (Å²) in [5.74, 6) is 0.519. The minimum atomic E-state index is -0.447. The molecule has 1 amide bonds. The predicted octanol–water partition coefficient (Wildman–Crippen LogP) is 3.28. The molecule has 22 heavy (non-hydrogen) atoms. The summed E-state index contributed by atoms with van der Waals surface area (Å²) < 4.78 is 0. The maximum Gasteiger partial charge on any atom is 0.222 e. The standard InChI is InChI=1S/C17H32N2O2S/c1-7-8-9-16(21)19(6)14(12(2)3)10-15(20)17-18(5)13(4)11-22-17/h11-12,14-15,17,20H,7-10H2,1-6H3. The fraction of sp³-hybridized carbons (Fsp3) is 0.824. The SMILES string of the molecule is CCCCC(=O)N(C)C(CC(O)C1SC=C(C)N1C)C(C)C. The van der Waals surface area contributed by atoms with Gasteiger partial charge in [0.25, 0.3) is 0 Å². The van der Waals surface area contributed by atoms with E-state index in [-0.39, 0.29) is 17.3 Å². The molecule has 1 aliphatic rings. The van der Waals surface area contributed by atoms with E-state index in [9.17, 15) is 9.90 Å². The number of likely N-dealkylation sites (N-methyl/N-ethyl adjacent to an activating group) is 1. The van der Waals surface area contributed by atoms with Gasteiger partial charge < -0.3 is 14.9 Å². The number of carbonyl (C=O) groups excluding carboxylic acids is 1. The highest BCUT2D eigenvalue weighted by Gasteiger charge is 2.33. The normalized spacial score (nSPS) is 21.0. The van der Waals surface area contributed by atoms with Crippen molar-refractivity contribution in [2.24, 2.45) is 5.92 Å². The van der Waals surface area contributed by atoms with Gasteiger partial charge in [-0.25, -0.2) is 0 Å². The van der Waals surface area contributed by atoms with Gasteiger partial charge in [-0.3, -0.25) is 4.79 Å². The number of amides is 1. The van der Waals surface area contributed by atoms with Crippen LogP contribution in [0, 0.1) is 5.92 Å². The van der Waals surface area contributed by atoms with Crippen molar-refractivity contribution in [3.8, 4) is 0 Å². The third-order valence-electron chi connectivity index (χ3n) is 4.53. The van der Waals surface area contributed by atoms with E-state index in [0.29, 0.717) is 18.8 Å². The van der Waals surface area contributed by atoms with Gasteiger partial charge in [-0.05, 0) is 31.1 Å². The molecule has 0 radical (unpaired) electrons. The number of nitrogens with zero attached hydrogens (tertiary/aromatic N) is 2. The first-order valence-electron chi connectivity index (χ1n) is 8.28. The molecule has 128 valence electrons. The van der Waals surface area contributed by atoms with Crippen LogP contribution in [0.5, 0.6) is 0 Å². The second-order valence-electron chi connectivity index (χ2n) is 6.62. The van der Waals surface area contributed by atoms with Gasteiger partial charge in [0.05, 0.1) is 6.10 Å². The van der Waals surface area contributed by atoms with Crippen molar-refractivity contribution in [1.82, 2.24) is 9.80 Å². The first kappa shape index (κ1) is 19.4. The number of aliphatic hydroxyl groups is 1. The summed E-state index contributed by atoms with van der Waals surface area (Å²) >= 11 is 1.66. The fourth-order valence-corrected chi connectivity index (χ4v) is 3.97. The molecule has 1 heterocycles. The number of carbonyl (C=O) groups is 1. The van der Waals surface area contributed by atoms with Crippen molar-refractivity contribution in [1.29, 1.82) is 0 Å². The molecule has 1 N–H and O–H groups in total. The number of aliphatic hydroxyl groups excluding tert-OH is 1. The van der Waals surface area contributed by atoms with E-state index in [4.69, 9.17) is 0 Å². The zero-order chi connectivity index (χ0) is 16.9. The fourth-order valence-electron chi connectivity index (χ4n) is 2.82. The number of hydrogen-bond acceptors (Lipinski definition) is 4. The van der Waals surface area contributed by atoms with Crippen LogP contribution in [0.15, 0.2) is 11.1 Å². The molecule has 0 saturated carbocycles. The Kier molecular flexibility index (Phi) is 7.77. The molecule has 0 bridgehead atoms. The smallest absolute Gasteiger partial charge is 0.222 e. The molecule has 0 aliphatic carbocycles. The number of hydrogen-bond donors (Lipinski definition) is 1. The zero-order valence-electron chi connectivity index (χ0n) is 14.9. The van der Waals surface area contributed by atoms with Crippen molar-refractivity contribution in [2.45, 2.75) is 70.9 Å². The van der Waals surface area contributed by atoms with Crippen LogP contribution in [0.4, 0.5) is 0 Å². The number of thioether (sulfide) groups is 1. The Bertz CT molecular complexity index is 398. The van der Waals surface area contributed by atoms with Crippen molar-refractivity contribution < 1.29 is 9.90 Å². The number of allylic oxidation sites excluding steroid dienone is 1. The monoisotopic (exact) mass is 328 g/mol. The van der Waals surface area contributed by atoms with Gasteiger partial charge in [-0.15, -0.1) is 11.8 Å².